The lowest BCUT2D eigenvalue weighted by molar-refractivity contribution is -0.363. The van der Waals surface area contributed by atoms with Gasteiger partial charge in [-0.1, -0.05) is 6.08 Å². The highest BCUT2D eigenvalue weighted by atomic mass is 16.8. The molecule has 0 spiro atoms. The maximum absolute atomic E-state index is 12.7. The quantitative estimate of drug-likeness (QED) is 0.0797. The summed E-state index contributed by atoms with van der Waals surface area (Å²) in [7, 11) is 1.17. The van der Waals surface area contributed by atoms with E-state index in [1.54, 1.807) is 0 Å². The largest absolute Gasteiger partial charge is 0.471 e. The standard InChI is InChI=1S/C26H40O17/c1-3-11-12(4-16-37-9-15-22(42-16)19(32)21(34)25(41-15)38-7-10(29)5-27)13(23(35)36-2)8-39-24(11)43-26-20(33)18(31)17(30)14(6-28)40-26/h3,8,10-12,14-22,24-34H,1,4-7,9H2,2H3/t10?,11-,12+,14-,15-,16?,17-,18+,19-,20-,21-,22+,24+,25-,26+/m1/s1. The highest BCUT2D eigenvalue weighted by molar-refractivity contribution is 5.89. The van der Waals surface area contributed by atoms with E-state index >= 15 is 0 Å². The lowest BCUT2D eigenvalue weighted by Gasteiger charge is -2.47. The van der Waals surface area contributed by atoms with E-state index in [-0.39, 0.29) is 25.2 Å². The lowest BCUT2D eigenvalue weighted by Crippen LogP contribution is -2.63. The van der Waals surface area contributed by atoms with E-state index < -0.39 is 111 Å². The Morgan fingerprint density at radius 1 is 1.02 bits per heavy atom. The number of aliphatic hydroxyl groups excluding tert-OH is 8. The van der Waals surface area contributed by atoms with E-state index in [2.05, 4.69) is 6.58 Å². The van der Waals surface area contributed by atoms with Gasteiger partial charge in [0, 0.05) is 18.3 Å². The fourth-order valence-electron chi connectivity index (χ4n) is 5.38. The molecule has 0 saturated carbocycles. The van der Waals surface area contributed by atoms with Gasteiger partial charge in [-0.2, -0.15) is 0 Å². The molecule has 4 heterocycles. The second-order valence-corrected chi connectivity index (χ2v) is 10.6. The van der Waals surface area contributed by atoms with Gasteiger partial charge in [-0.05, 0) is 0 Å². The van der Waals surface area contributed by atoms with E-state index in [0.29, 0.717) is 0 Å². The maximum Gasteiger partial charge on any atom is 0.337 e. The Morgan fingerprint density at radius 2 is 1.74 bits per heavy atom. The van der Waals surface area contributed by atoms with Crippen LogP contribution in [0.1, 0.15) is 6.42 Å². The van der Waals surface area contributed by atoms with Crippen molar-refractivity contribution in [3.63, 3.8) is 0 Å². The minimum absolute atomic E-state index is 0.0375. The predicted octanol–water partition coefficient (Wildman–Crippen LogP) is -4.42. The summed E-state index contributed by atoms with van der Waals surface area (Å²) in [4.78, 5) is 12.7. The van der Waals surface area contributed by atoms with E-state index in [1.807, 2.05) is 0 Å². The molecule has 0 radical (unpaired) electrons. The third kappa shape index (κ3) is 7.37. The van der Waals surface area contributed by atoms with Gasteiger partial charge in [-0.15, -0.1) is 6.58 Å². The zero-order valence-corrected chi connectivity index (χ0v) is 23.3. The Labute approximate surface area is 246 Å². The van der Waals surface area contributed by atoms with Crippen molar-refractivity contribution in [1.29, 1.82) is 0 Å². The highest BCUT2D eigenvalue weighted by Gasteiger charge is 2.51. The van der Waals surface area contributed by atoms with Gasteiger partial charge in [0.1, 0.15) is 54.9 Å². The van der Waals surface area contributed by atoms with Crippen LogP contribution in [0.25, 0.3) is 0 Å². The molecule has 0 aromatic rings. The molecule has 3 fully saturated rings. The second kappa shape index (κ2) is 15.0. The van der Waals surface area contributed by atoms with E-state index in [1.165, 1.54) is 13.2 Å². The van der Waals surface area contributed by atoms with Crippen LogP contribution in [0.4, 0.5) is 0 Å². The molecule has 0 amide bonds. The van der Waals surface area contributed by atoms with Crippen LogP contribution in [0.2, 0.25) is 0 Å². The monoisotopic (exact) mass is 624 g/mol. The van der Waals surface area contributed by atoms with Crippen molar-refractivity contribution in [2.24, 2.45) is 11.8 Å². The maximum atomic E-state index is 12.7. The van der Waals surface area contributed by atoms with E-state index in [4.69, 9.17) is 43.0 Å². The summed E-state index contributed by atoms with van der Waals surface area (Å²) in [6.07, 6.45) is -15.1. The van der Waals surface area contributed by atoms with Crippen LogP contribution in [0.5, 0.6) is 0 Å². The number of hydrogen-bond acceptors (Lipinski definition) is 17. The molecular formula is C26H40O17. The van der Waals surface area contributed by atoms with Crippen molar-refractivity contribution in [2.45, 2.75) is 86.5 Å². The SMILES string of the molecule is C=C[C@H]1[C@H](O[C@@H]2O[C@H](CO)[C@@H](O)[C@H](O)[C@H]2O)OC=C(C(=O)OC)[C@H]1CC1OC[C@H]2O[C@@H](OCC(O)CO)[C@H](O)[C@@H](O)[C@H]2O1. The number of carbonyl (C=O) groups excluding carboxylic acids is 1. The Morgan fingerprint density at radius 3 is 2.40 bits per heavy atom. The molecule has 3 saturated heterocycles. The van der Waals surface area contributed by atoms with Crippen LogP contribution in [-0.4, -0.2) is 160 Å². The van der Waals surface area contributed by atoms with Crippen LogP contribution in [0, 0.1) is 11.8 Å². The summed E-state index contributed by atoms with van der Waals surface area (Å²) in [6.45, 7) is 2.11. The molecular weight excluding hydrogens is 584 g/mol. The summed E-state index contributed by atoms with van der Waals surface area (Å²) in [5, 5.41) is 79.9. The highest BCUT2D eigenvalue weighted by Crippen LogP contribution is 2.40. The summed E-state index contributed by atoms with van der Waals surface area (Å²) in [6, 6.07) is 0. The minimum atomic E-state index is -1.71. The molecule has 4 aliphatic heterocycles. The normalized spacial score (nSPS) is 44.0. The fourth-order valence-corrected chi connectivity index (χ4v) is 5.38. The molecule has 246 valence electrons. The minimum Gasteiger partial charge on any atom is -0.471 e. The summed E-state index contributed by atoms with van der Waals surface area (Å²) < 4.78 is 44.4. The number of carbonyl (C=O) groups is 1. The number of hydrogen-bond donors (Lipinski definition) is 8. The molecule has 15 atom stereocenters. The van der Waals surface area contributed by atoms with Gasteiger partial charge in [0.05, 0.1) is 45.4 Å². The van der Waals surface area contributed by atoms with Crippen molar-refractivity contribution < 1.29 is 83.5 Å². The van der Waals surface area contributed by atoms with Gasteiger partial charge >= 0.3 is 5.97 Å². The van der Waals surface area contributed by atoms with Gasteiger partial charge in [-0.3, -0.25) is 0 Å². The molecule has 0 aliphatic carbocycles. The molecule has 43 heavy (non-hydrogen) atoms. The number of ether oxygens (including phenoxy) is 8. The lowest BCUT2D eigenvalue weighted by atomic mass is 9.81. The molecule has 17 heteroatoms. The Balaban J connectivity index is 1.46. The number of esters is 1. The first-order valence-corrected chi connectivity index (χ1v) is 13.8. The Kier molecular flexibility index (Phi) is 11.9. The van der Waals surface area contributed by atoms with Crippen molar-refractivity contribution in [3.8, 4) is 0 Å². The first-order chi connectivity index (χ1) is 20.5. The third-order valence-electron chi connectivity index (χ3n) is 7.82. The fraction of sp³-hybridized carbons (Fsp3) is 0.808. The van der Waals surface area contributed by atoms with Crippen LogP contribution in [0.3, 0.4) is 0 Å². The molecule has 2 unspecified atom stereocenters. The first-order valence-electron chi connectivity index (χ1n) is 13.8. The number of methoxy groups -OCH3 is 1. The Hall–Kier alpha value is -1.81. The first kappa shape index (κ1) is 34.1. The van der Waals surface area contributed by atoms with E-state index in [0.717, 1.165) is 6.26 Å². The molecule has 8 N–H and O–H groups in total. The summed E-state index contributed by atoms with van der Waals surface area (Å²) in [5.74, 6) is -2.36. The average molecular weight is 625 g/mol. The number of aliphatic hydroxyl groups is 8. The van der Waals surface area contributed by atoms with Crippen LogP contribution < -0.4 is 0 Å². The zero-order chi connectivity index (χ0) is 31.4. The predicted molar refractivity (Wildman–Crippen MR) is 136 cm³/mol. The van der Waals surface area contributed by atoms with Crippen LogP contribution in [-0.2, 0) is 42.7 Å². The van der Waals surface area contributed by atoms with Crippen molar-refractivity contribution >= 4 is 5.97 Å². The van der Waals surface area contributed by atoms with Crippen molar-refractivity contribution in [2.75, 3.05) is 33.5 Å². The van der Waals surface area contributed by atoms with E-state index in [9.17, 15) is 40.5 Å². The molecule has 0 aromatic carbocycles. The van der Waals surface area contributed by atoms with Crippen LogP contribution >= 0.6 is 0 Å². The second-order valence-electron chi connectivity index (χ2n) is 10.6. The average Bonchev–Trinajstić information content (AvgIpc) is 3.02. The van der Waals surface area contributed by atoms with Crippen molar-refractivity contribution in [1.82, 2.24) is 0 Å². The molecule has 0 aromatic heterocycles. The summed E-state index contributed by atoms with van der Waals surface area (Å²) >= 11 is 0. The molecule has 0 bridgehead atoms. The van der Waals surface area contributed by atoms with Gasteiger partial charge in [0.25, 0.3) is 0 Å². The molecule has 17 nitrogen and oxygen atoms in total. The zero-order valence-electron chi connectivity index (χ0n) is 23.3. The third-order valence-corrected chi connectivity index (χ3v) is 7.82. The smallest absolute Gasteiger partial charge is 0.337 e. The summed E-state index contributed by atoms with van der Waals surface area (Å²) in [5.41, 5.74) is 0.0618. The van der Waals surface area contributed by atoms with Gasteiger partial charge < -0.3 is 78.7 Å². The molecule has 4 rings (SSSR count). The van der Waals surface area contributed by atoms with Crippen molar-refractivity contribution in [3.05, 3.63) is 24.5 Å². The number of fused-ring (bicyclic) bond motifs is 1. The Bertz CT molecular complexity index is 960. The van der Waals surface area contributed by atoms with Gasteiger partial charge in [0.15, 0.2) is 18.9 Å². The van der Waals surface area contributed by atoms with Crippen LogP contribution in [0.15, 0.2) is 24.5 Å². The van der Waals surface area contributed by atoms with Gasteiger partial charge in [-0.25, -0.2) is 4.79 Å². The topological polar surface area (TPSA) is 253 Å². The van der Waals surface area contributed by atoms with Gasteiger partial charge in [0.2, 0.25) is 6.29 Å². The number of rotatable bonds is 11. The molecule has 4 aliphatic rings.